The molecule has 0 aliphatic carbocycles. The molecule has 3 rings (SSSR count). The van der Waals surface area contributed by atoms with E-state index in [4.69, 9.17) is 4.74 Å². The molecule has 3 N–H and O–H groups in total. The molecule has 0 aliphatic rings. The van der Waals surface area contributed by atoms with Gasteiger partial charge in [0, 0.05) is 24.5 Å². The van der Waals surface area contributed by atoms with Crippen LogP contribution in [0.5, 0.6) is 5.75 Å². The van der Waals surface area contributed by atoms with Crippen LogP contribution in [0.3, 0.4) is 0 Å². The van der Waals surface area contributed by atoms with Gasteiger partial charge in [-0.15, -0.1) is 0 Å². The monoisotopic (exact) mass is 340 g/mol. The van der Waals surface area contributed by atoms with Crippen molar-refractivity contribution >= 4 is 22.9 Å². The molecule has 8 nitrogen and oxygen atoms in total. The summed E-state index contributed by atoms with van der Waals surface area (Å²) in [7, 11) is 1.61. The molecular formula is C17H20N6O2. The Hall–Kier alpha value is -3.16. The minimum absolute atomic E-state index is 0.228. The lowest BCUT2D eigenvalue weighted by Gasteiger charge is -2.08. The van der Waals surface area contributed by atoms with Crippen molar-refractivity contribution in [2.75, 3.05) is 12.4 Å². The predicted molar refractivity (Wildman–Crippen MR) is 94.6 cm³/mol. The van der Waals surface area contributed by atoms with Gasteiger partial charge in [-0.05, 0) is 26.0 Å². The van der Waals surface area contributed by atoms with Gasteiger partial charge in [0.2, 0.25) is 5.95 Å². The van der Waals surface area contributed by atoms with Gasteiger partial charge in [-0.25, -0.2) is 15.0 Å². The lowest BCUT2D eigenvalue weighted by Crippen LogP contribution is -2.24. The number of methoxy groups -OCH3 is 1. The van der Waals surface area contributed by atoms with Crippen LogP contribution in [0, 0.1) is 0 Å². The molecule has 3 aromatic rings. The summed E-state index contributed by atoms with van der Waals surface area (Å²) in [5.74, 6) is 1.65. The third-order valence-electron chi connectivity index (χ3n) is 3.49. The van der Waals surface area contributed by atoms with Gasteiger partial charge in [0.05, 0.1) is 30.3 Å². The van der Waals surface area contributed by atoms with E-state index in [0.29, 0.717) is 17.3 Å². The first-order chi connectivity index (χ1) is 12.0. The second-order valence-corrected chi connectivity index (χ2v) is 5.84. The highest BCUT2D eigenvalue weighted by Gasteiger charge is 2.09. The minimum atomic E-state index is -0.255. The standard InChI is InChI=1S/C17H20N6O2/c1-10(2)21-17-19-7-11(8-20-17)16(24)18-9-15-22-13-5-4-12(25-3)6-14(13)23-15/h4-8,10H,9H2,1-3H3,(H,18,24)(H,22,23)(H,19,20,21). The quantitative estimate of drug-likeness (QED) is 0.635. The molecule has 0 saturated heterocycles. The first-order valence-electron chi connectivity index (χ1n) is 7.94. The number of amides is 1. The molecule has 1 aromatic carbocycles. The van der Waals surface area contributed by atoms with Gasteiger partial charge < -0.3 is 20.4 Å². The maximum absolute atomic E-state index is 12.2. The Morgan fingerprint density at radius 3 is 2.72 bits per heavy atom. The summed E-state index contributed by atoms with van der Waals surface area (Å²) >= 11 is 0. The number of rotatable bonds is 6. The van der Waals surface area contributed by atoms with E-state index >= 15 is 0 Å². The fraction of sp³-hybridized carbons (Fsp3) is 0.294. The summed E-state index contributed by atoms with van der Waals surface area (Å²) in [4.78, 5) is 28.0. The van der Waals surface area contributed by atoms with Crippen LogP contribution in [-0.2, 0) is 6.54 Å². The number of fused-ring (bicyclic) bond motifs is 1. The van der Waals surface area contributed by atoms with Crippen molar-refractivity contribution in [3.05, 3.63) is 42.0 Å². The lowest BCUT2D eigenvalue weighted by atomic mass is 10.3. The van der Waals surface area contributed by atoms with Crippen molar-refractivity contribution in [2.45, 2.75) is 26.4 Å². The molecule has 0 saturated carbocycles. The number of anilines is 1. The smallest absolute Gasteiger partial charge is 0.254 e. The molecule has 0 unspecified atom stereocenters. The summed E-state index contributed by atoms with van der Waals surface area (Å²) in [5, 5.41) is 5.87. The van der Waals surface area contributed by atoms with Crippen molar-refractivity contribution in [3.8, 4) is 5.75 Å². The Morgan fingerprint density at radius 2 is 2.04 bits per heavy atom. The minimum Gasteiger partial charge on any atom is -0.497 e. The zero-order valence-corrected chi connectivity index (χ0v) is 14.3. The predicted octanol–water partition coefficient (Wildman–Crippen LogP) is 2.11. The SMILES string of the molecule is COc1ccc2nc(CNC(=O)c3cnc(NC(C)C)nc3)[nH]c2c1. The molecule has 2 heterocycles. The van der Waals surface area contributed by atoms with Crippen LogP contribution in [0.15, 0.2) is 30.6 Å². The van der Waals surface area contributed by atoms with Crippen LogP contribution in [-0.4, -0.2) is 39.0 Å². The highest BCUT2D eigenvalue weighted by molar-refractivity contribution is 5.93. The molecular weight excluding hydrogens is 320 g/mol. The average Bonchev–Trinajstić information content (AvgIpc) is 3.01. The van der Waals surface area contributed by atoms with E-state index < -0.39 is 0 Å². The number of carbonyl (C=O) groups is 1. The number of benzene rings is 1. The zero-order chi connectivity index (χ0) is 17.8. The summed E-state index contributed by atoms with van der Waals surface area (Å²) in [6.45, 7) is 4.27. The van der Waals surface area contributed by atoms with Crippen molar-refractivity contribution in [1.82, 2.24) is 25.3 Å². The third-order valence-corrected chi connectivity index (χ3v) is 3.49. The summed E-state index contributed by atoms with van der Waals surface area (Å²) in [6.07, 6.45) is 2.99. The van der Waals surface area contributed by atoms with Crippen LogP contribution in [0.2, 0.25) is 0 Å². The number of aromatic amines is 1. The van der Waals surface area contributed by atoms with Crippen molar-refractivity contribution in [3.63, 3.8) is 0 Å². The van der Waals surface area contributed by atoms with Gasteiger partial charge in [0.15, 0.2) is 0 Å². The highest BCUT2D eigenvalue weighted by atomic mass is 16.5. The van der Waals surface area contributed by atoms with E-state index in [-0.39, 0.29) is 18.5 Å². The van der Waals surface area contributed by atoms with E-state index in [2.05, 4.69) is 30.6 Å². The normalized spacial score (nSPS) is 10.9. The fourth-order valence-electron chi connectivity index (χ4n) is 2.30. The van der Waals surface area contributed by atoms with E-state index in [0.717, 1.165) is 16.8 Å². The molecule has 0 aliphatic heterocycles. The number of H-pyrrole nitrogens is 1. The van der Waals surface area contributed by atoms with E-state index in [1.807, 2.05) is 32.0 Å². The molecule has 0 radical (unpaired) electrons. The van der Waals surface area contributed by atoms with Gasteiger partial charge in [-0.1, -0.05) is 0 Å². The third kappa shape index (κ3) is 4.03. The van der Waals surface area contributed by atoms with Crippen LogP contribution >= 0.6 is 0 Å². The molecule has 0 fully saturated rings. The number of carbonyl (C=O) groups excluding carboxylic acids is 1. The summed E-state index contributed by atoms with van der Waals surface area (Å²) < 4.78 is 5.18. The number of nitrogens with zero attached hydrogens (tertiary/aromatic N) is 3. The maximum atomic E-state index is 12.2. The molecule has 130 valence electrons. The molecule has 1 amide bonds. The molecule has 8 heteroatoms. The van der Waals surface area contributed by atoms with E-state index in [1.54, 1.807) is 7.11 Å². The van der Waals surface area contributed by atoms with Crippen molar-refractivity contribution in [1.29, 1.82) is 0 Å². The largest absolute Gasteiger partial charge is 0.497 e. The fourth-order valence-corrected chi connectivity index (χ4v) is 2.30. The van der Waals surface area contributed by atoms with Crippen LogP contribution in [0.25, 0.3) is 11.0 Å². The van der Waals surface area contributed by atoms with Gasteiger partial charge in [0.1, 0.15) is 11.6 Å². The van der Waals surface area contributed by atoms with Crippen LogP contribution < -0.4 is 15.4 Å². The van der Waals surface area contributed by atoms with E-state index in [9.17, 15) is 4.79 Å². The summed E-state index contributed by atoms with van der Waals surface area (Å²) in [6, 6.07) is 5.80. The Morgan fingerprint density at radius 1 is 1.28 bits per heavy atom. The molecule has 0 spiro atoms. The van der Waals surface area contributed by atoms with Crippen molar-refractivity contribution < 1.29 is 9.53 Å². The first kappa shape index (κ1) is 16.7. The maximum Gasteiger partial charge on any atom is 0.254 e. The first-order valence-corrected chi connectivity index (χ1v) is 7.94. The second kappa shape index (κ2) is 7.16. The highest BCUT2D eigenvalue weighted by Crippen LogP contribution is 2.18. The molecule has 2 aromatic heterocycles. The number of hydrogen-bond donors (Lipinski definition) is 3. The topological polar surface area (TPSA) is 105 Å². The number of aromatic nitrogens is 4. The molecule has 25 heavy (non-hydrogen) atoms. The van der Waals surface area contributed by atoms with E-state index in [1.165, 1.54) is 12.4 Å². The Bertz CT molecular complexity index is 872. The average molecular weight is 340 g/mol. The zero-order valence-electron chi connectivity index (χ0n) is 14.3. The van der Waals surface area contributed by atoms with Gasteiger partial charge in [-0.2, -0.15) is 0 Å². The molecule has 0 bridgehead atoms. The second-order valence-electron chi connectivity index (χ2n) is 5.84. The molecule has 0 atom stereocenters. The van der Waals surface area contributed by atoms with Gasteiger partial charge in [0.25, 0.3) is 5.91 Å². The van der Waals surface area contributed by atoms with Crippen molar-refractivity contribution in [2.24, 2.45) is 0 Å². The summed E-state index contributed by atoms with van der Waals surface area (Å²) in [5.41, 5.74) is 2.07. The van der Waals surface area contributed by atoms with Crippen LogP contribution in [0.1, 0.15) is 30.0 Å². The Labute approximate surface area is 145 Å². The number of hydrogen-bond acceptors (Lipinski definition) is 6. The van der Waals surface area contributed by atoms with Gasteiger partial charge >= 0.3 is 0 Å². The lowest BCUT2D eigenvalue weighted by molar-refractivity contribution is 0.0949. The number of nitrogens with one attached hydrogen (secondary N) is 3. The Kier molecular flexibility index (Phi) is 4.78. The number of imidazole rings is 1. The van der Waals surface area contributed by atoms with Crippen LogP contribution in [0.4, 0.5) is 5.95 Å². The number of ether oxygens (including phenoxy) is 1. The van der Waals surface area contributed by atoms with Gasteiger partial charge in [-0.3, -0.25) is 4.79 Å². The Balaban J connectivity index is 1.63.